The molecule has 2 aliphatic heterocycles. The summed E-state index contributed by atoms with van der Waals surface area (Å²) in [5.74, 6) is -0.168. The van der Waals surface area contributed by atoms with Crippen molar-refractivity contribution in [2.75, 3.05) is 11.4 Å². The van der Waals surface area contributed by atoms with Gasteiger partial charge in [-0.05, 0) is 52.2 Å². The van der Waals surface area contributed by atoms with Gasteiger partial charge < -0.3 is 14.7 Å². The van der Waals surface area contributed by atoms with E-state index in [-0.39, 0.29) is 18.3 Å². The van der Waals surface area contributed by atoms with Crippen LogP contribution in [0.3, 0.4) is 0 Å². The van der Waals surface area contributed by atoms with Crippen molar-refractivity contribution >= 4 is 11.7 Å². The lowest BCUT2D eigenvalue weighted by Gasteiger charge is -2.54. The third-order valence-corrected chi connectivity index (χ3v) is 5.01. The van der Waals surface area contributed by atoms with Gasteiger partial charge in [0.05, 0.1) is 12.0 Å². The Morgan fingerprint density at radius 1 is 1.30 bits per heavy atom. The summed E-state index contributed by atoms with van der Waals surface area (Å²) in [5, 5.41) is 11.1. The number of ether oxygens (including phenoxy) is 1. The molecule has 3 atom stereocenters. The van der Waals surface area contributed by atoms with Crippen LogP contribution < -0.4 is 4.90 Å². The summed E-state index contributed by atoms with van der Waals surface area (Å²) in [6.07, 6.45) is 2.81. The minimum Gasteiger partial charge on any atom is -0.460 e. The number of aliphatic hydroxyl groups is 1. The fraction of sp³-hybridized carbons (Fsp3) is 0.632. The van der Waals surface area contributed by atoms with Crippen LogP contribution in [0.5, 0.6) is 0 Å². The average Bonchev–Trinajstić information content (AvgIpc) is 2.46. The van der Waals surface area contributed by atoms with E-state index < -0.39 is 11.2 Å². The number of carbonyl (C=O) groups is 1. The minimum atomic E-state index is -0.920. The van der Waals surface area contributed by atoms with Gasteiger partial charge in [-0.15, -0.1) is 0 Å². The molecule has 1 saturated carbocycles. The third kappa shape index (κ3) is 3.52. The number of piperidine rings is 2. The van der Waals surface area contributed by atoms with E-state index in [0.717, 1.165) is 19.4 Å². The van der Waals surface area contributed by atoms with Gasteiger partial charge in [0.1, 0.15) is 5.60 Å². The number of hydrogen-bond donors (Lipinski definition) is 1. The first kappa shape index (κ1) is 16.3. The molecule has 2 heterocycles. The maximum atomic E-state index is 12.2. The van der Waals surface area contributed by atoms with Crippen LogP contribution in [0.25, 0.3) is 0 Å². The van der Waals surface area contributed by atoms with E-state index in [0.29, 0.717) is 12.5 Å². The zero-order valence-electron chi connectivity index (χ0n) is 14.3. The summed E-state index contributed by atoms with van der Waals surface area (Å²) in [7, 11) is 0. The van der Waals surface area contributed by atoms with Crippen molar-refractivity contribution in [2.24, 2.45) is 5.92 Å². The van der Waals surface area contributed by atoms with Gasteiger partial charge >= 0.3 is 5.97 Å². The van der Waals surface area contributed by atoms with Crippen LogP contribution in [-0.4, -0.2) is 34.9 Å². The summed E-state index contributed by atoms with van der Waals surface area (Å²) in [6, 6.07) is 10.6. The maximum absolute atomic E-state index is 12.2. The van der Waals surface area contributed by atoms with E-state index in [9.17, 15) is 9.90 Å². The van der Waals surface area contributed by atoms with E-state index in [1.54, 1.807) is 0 Å². The number of para-hydroxylation sites is 1. The lowest BCUT2D eigenvalue weighted by molar-refractivity contribution is -0.166. The Kier molecular flexibility index (Phi) is 4.13. The molecule has 0 unspecified atom stereocenters. The Morgan fingerprint density at radius 2 is 2.00 bits per heavy atom. The summed E-state index contributed by atoms with van der Waals surface area (Å²) in [5.41, 5.74) is -0.213. The highest BCUT2D eigenvalue weighted by Gasteiger charge is 2.50. The monoisotopic (exact) mass is 317 g/mol. The number of hydrogen-bond acceptors (Lipinski definition) is 4. The fourth-order valence-electron chi connectivity index (χ4n) is 4.03. The first-order valence-corrected chi connectivity index (χ1v) is 8.53. The van der Waals surface area contributed by atoms with Crippen molar-refractivity contribution in [1.82, 2.24) is 0 Å². The highest BCUT2D eigenvalue weighted by Crippen LogP contribution is 2.45. The first-order chi connectivity index (χ1) is 10.8. The molecule has 0 spiro atoms. The molecule has 23 heavy (non-hydrogen) atoms. The number of fused-ring (bicyclic) bond motifs is 3. The molecule has 0 aromatic heterocycles. The van der Waals surface area contributed by atoms with Gasteiger partial charge in [-0.2, -0.15) is 0 Å². The highest BCUT2D eigenvalue weighted by molar-refractivity contribution is 5.71. The Hall–Kier alpha value is -1.55. The molecule has 4 nitrogen and oxygen atoms in total. The van der Waals surface area contributed by atoms with Crippen LogP contribution in [0.15, 0.2) is 30.3 Å². The number of carbonyl (C=O) groups excluding carboxylic acids is 1. The largest absolute Gasteiger partial charge is 0.460 e. The molecule has 1 N–H and O–H groups in total. The van der Waals surface area contributed by atoms with Crippen molar-refractivity contribution in [2.45, 2.75) is 63.7 Å². The molecule has 1 aromatic rings. The number of rotatable bonds is 3. The predicted molar refractivity (Wildman–Crippen MR) is 90.3 cm³/mol. The standard InChI is InChI=1S/C19H27NO3/c1-18(2,3)23-17(21)12-19(22)11-16-10-9-14(19)13-20(16)15-7-5-4-6-8-15/h4-8,14,16,22H,9-13H2,1-3H3/t14-,16-,19+/m0/s1. The van der Waals surface area contributed by atoms with E-state index in [2.05, 4.69) is 17.0 Å². The number of anilines is 1. The smallest absolute Gasteiger partial charge is 0.309 e. The molecular formula is C19H27NO3. The summed E-state index contributed by atoms with van der Waals surface area (Å²) in [4.78, 5) is 14.6. The van der Waals surface area contributed by atoms with Crippen LogP contribution in [0, 0.1) is 5.92 Å². The van der Waals surface area contributed by atoms with Crippen LogP contribution in [-0.2, 0) is 9.53 Å². The first-order valence-electron chi connectivity index (χ1n) is 8.53. The van der Waals surface area contributed by atoms with Crippen LogP contribution >= 0.6 is 0 Å². The molecule has 126 valence electrons. The van der Waals surface area contributed by atoms with Crippen molar-refractivity contribution in [3.8, 4) is 0 Å². The fourth-order valence-corrected chi connectivity index (χ4v) is 4.03. The van der Waals surface area contributed by atoms with Crippen LogP contribution in [0.4, 0.5) is 5.69 Å². The average molecular weight is 317 g/mol. The molecule has 4 rings (SSSR count). The van der Waals surface area contributed by atoms with E-state index >= 15 is 0 Å². The van der Waals surface area contributed by atoms with Crippen molar-refractivity contribution < 1.29 is 14.6 Å². The zero-order chi connectivity index (χ0) is 16.7. The lowest BCUT2D eigenvalue weighted by Crippen LogP contribution is -2.61. The molecule has 1 aliphatic carbocycles. The zero-order valence-corrected chi connectivity index (χ0v) is 14.3. The Bertz CT molecular complexity index is 566. The Morgan fingerprint density at radius 3 is 2.57 bits per heavy atom. The van der Waals surface area contributed by atoms with E-state index in [4.69, 9.17) is 4.74 Å². The second-order valence-electron chi connectivity index (χ2n) is 7.99. The molecule has 2 bridgehead atoms. The van der Waals surface area contributed by atoms with Crippen LogP contribution in [0.2, 0.25) is 0 Å². The molecule has 0 radical (unpaired) electrons. The molecule has 4 heteroatoms. The minimum absolute atomic E-state index is 0.105. The predicted octanol–water partition coefficient (Wildman–Crippen LogP) is 3.14. The normalized spacial score (nSPS) is 30.3. The van der Waals surface area contributed by atoms with Crippen molar-refractivity contribution in [3.63, 3.8) is 0 Å². The van der Waals surface area contributed by atoms with Gasteiger partial charge in [-0.25, -0.2) is 0 Å². The number of benzene rings is 1. The van der Waals surface area contributed by atoms with Crippen LogP contribution in [0.1, 0.15) is 46.5 Å². The molecule has 0 amide bonds. The van der Waals surface area contributed by atoms with E-state index in [1.807, 2.05) is 39.0 Å². The Balaban J connectivity index is 1.70. The van der Waals surface area contributed by atoms with Gasteiger partial charge in [0, 0.05) is 24.2 Å². The summed E-state index contributed by atoms with van der Waals surface area (Å²) in [6.45, 7) is 6.39. The lowest BCUT2D eigenvalue weighted by atomic mass is 9.67. The Labute approximate surface area is 138 Å². The molecule has 2 saturated heterocycles. The van der Waals surface area contributed by atoms with Gasteiger partial charge in [0.15, 0.2) is 0 Å². The second kappa shape index (κ2) is 5.82. The van der Waals surface area contributed by atoms with Gasteiger partial charge in [0.25, 0.3) is 0 Å². The number of nitrogens with zero attached hydrogens (tertiary/aromatic N) is 1. The third-order valence-electron chi connectivity index (χ3n) is 5.01. The van der Waals surface area contributed by atoms with Gasteiger partial charge in [-0.1, -0.05) is 18.2 Å². The summed E-state index contributed by atoms with van der Waals surface area (Å²) >= 11 is 0. The SMILES string of the molecule is CC(C)(C)OC(=O)C[C@]1(O)C[C@@H]2CC[C@H]1CN2c1ccccc1. The maximum Gasteiger partial charge on any atom is 0.309 e. The topological polar surface area (TPSA) is 49.8 Å². The molecule has 3 fully saturated rings. The van der Waals surface area contributed by atoms with E-state index in [1.165, 1.54) is 5.69 Å². The van der Waals surface area contributed by atoms with Crippen molar-refractivity contribution in [3.05, 3.63) is 30.3 Å². The van der Waals surface area contributed by atoms with Crippen molar-refractivity contribution in [1.29, 1.82) is 0 Å². The summed E-state index contributed by atoms with van der Waals surface area (Å²) < 4.78 is 5.41. The molecular weight excluding hydrogens is 290 g/mol. The second-order valence-corrected chi connectivity index (χ2v) is 7.99. The highest BCUT2D eigenvalue weighted by atomic mass is 16.6. The number of esters is 1. The quantitative estimate of drug-likeness (QED) is 0.870. The van der Waals surface area contributed by atoms with Gasteiger partial charge in [-0.3, -0.25) is 4.79 Å². The molecule has 3 aliphatic rings. The molecule has 1 aromatic carbocycles. The van der Waals surface area contributed by atoms with Gasteiger partial charge in [0.2, 0.25) is 0 Å².